The quantitative estimate of drug-likeness (QED) is 0.227. The van der Waals surface area contributed by atoms with Crippen molar-refractivity contribution in [2.75, 3.05) is 0 Å². The highest BCUT2D eigenvalue weighted by Gasteiger charge is 2.21. The molecule has 0 aliphatic rings. The molecule has 0 saturated heterocycles. The molecule has 4 aromatic carbocycles. The van der Waals surface area contributed by atoms with Gasteiger partial charge >= 0.3 is 0 Å². The van der Waals surface area contributed by atoms with Crippen LogP contribution in [-0.4, -0.2) is 0 Å². The molecule has 9 heteroatoms. The lowest BCUT2D eigenvalue weighted by molar-refractivity contribution is 0.487. The van der Waals surface area contributed by atoms with Crippen molar-refractivity contribution in [3.8, 4) is 33.8 Å². The molecule has 0 aliphatic heterocycles. The SMILES string of the molecule is Clc1ccc(-c2ccc(Cl)c(Cl)c2Oc2c(-c3ccc(Cl)c(Cl)c3)ccc(Cl)c2Cl)cc1Cl. The lowest BCUT2D eigenvalue weighted by Gasteiger charge is -2.19. The molecular formula is C24H10Cl8O. The molecule has 0 unspecified atom stereocenters. The van der Waals surface area contributed by atoms with Crippen molar-refractivity contribution >= 4 is 92.8 Å². The van der Waals surface area contributed by atoms with Crippen LogP contribution in [0.1, 0.15) is 0 Å². The Bertz CT molecular complexity index is 1280. The summed E-state index contributed by atoms with van der Waals surface area (Å²) in [5.74, 6) is 0.543. The Morgan fingerprint density at radius 1 is 0.394 bits per heavy atom. The number of benzene rings is 4. The van der Waals surface area contributed by atoms with E-state index in [1.165, 1.54) is 0 Å². The molecule has 0 spiro atoms. The predicted octanol–water partition coefficient (Wildman–Crippen LogP) is 12.0. The van der Waals surface area contributed by atoms with Gasteiger partial charge < -0.3 is 4.74 Å². The van der Waals surface area contributed by atoms with Gasteiger partial charge in [-0.25, -0.2) is 0 Å². The zero-order chi connectivity index (χ0) is 23.9. The van der Waals surface area contributed by atoms with Gasteiger partial charge in [0.25, 0.3) is 0 Å². The van der Waals surface area contributed by atoms with Crippen molar-refractivity contribution in [2.24, 2.45) is 0 Å². The van der Waals surface area contributed by atoms with Gasteiger partial charge in [-0.1, -0.05) is 105 Å². The normalized spacial score (nSPS) is 11.0. The molecule has 0 radical (unpaired) electrons. The van der Waals surface area contributed by atoms with Crippen molar-refractivity contribution in [2.45, 2.75) is 0 Å². The first kappa shape index (κ1) is 25.1. The standard InChI is InChI=1S/C24H10Cl8O/c25-15-5-1-11(9-19(15)29)13-3-7-17(27)21(31)23(13)33-24-14(4-8-18(28)22(24)32)12-2-6-16(26)20(30)10-12/h1-10H. The zero-order valence-corrected chi connectivity index (χ0v) is 22.3. The van der Waals surface area contributed by atoms with Crippen LogP contribution >= 0.6 is 92.8 Å². The molecule has 33 heavy (non-hydrogen) atoms. The van der Waals surface area contributed by atoms with E-state index in [2.05, 4.69) is 0 Å². The Kier molecular flexibility index (Phi) is 7.85. The molecule has 0 saturated carbocycles. The minimum absolute atomic E-state index is 0.191. The summed E-state index contributed by atoms with van der Waals surface area (Å²) >= 11 is 50.4. The number of hydrogen-bond acceptors (Lipinski definition) is 1. The highest BCUT2D eigenvalue weighted by Crippen LogP contribution is 2.49. The second-order valence-electron chi connectivity index (χ2n) is 6.84. The first-order chi connectivity index (χ1) is 15.7. The van der Waals surface area contributed by atoms with Crippen LogP contribution in [0.25, 0.3) is 22.3 Å². The van der Waals surface area contributed by atoms with Crippen LogP contribution in [0.5, 0.6) is 11.5 Å². The number of hydrogen-bond donors (Lipinski definition) is 0. The van der Waals surface area contributed by atoms with E-state index in [1.807, 2.05) is 0 Å². The summed E-state index contributed by atoms with van der Waals surface area (Å²) in [6.07, 6.45) is 0. The van der Waals surface area contributed by atoms with Crippen molar-refractivity contribution < 1.29 is 4.74 Å². The summed E-state index contributed by atoms with van der Waals surface area (Å²) in [6.45, 7) is 0. The molecule has 0 atom stereocenters. The monoisotopic (exact) mass is 594 g/mol. The van der Waals surface area contributed by atoms with Crippen LogP contribution < -0.4 is 4.74 Å². The fraction of sp³-hybridized carbons (Fsp3) is 0. The van der Waals surface area contributed by atoms with E-state index in [-0.39, 0.29) is 21.5 Å². The van der Waals surface area contributed by atoms with Gasteiger partial charge in [-0.2, -0.15) is 0 Å². The summed E-state index contributed by atoms with van der Waals surface area (Å²) < 4.78 is 6.33. The third-order valence-electron chi connectivity index (χ3n) is 4.77. The number of halogens is 8. The Morgan fingerprint density at radius 3 is 1.12 bits per heavy atom. The lowest BCUT2D eigenvalue weighted by atomic mass is 10.0. The van der Waals surface area contributed by atoms with E-state index in [4.69, 9.17) is 97.5 Å². The second-order valence-corrected chi connectivity index (χ2v) is 10.0. The Labute approximate surface area is 230 Å². The molecule has 4 rings (SSSR count). The van der Waals surface area contributed by atoms with Gasteiger partial charge in [0, 0.05) is 11.1 Å². The van der Waals surface area contributed by atoms with Crippen LogP contribution in [-0.2, 0) is 0 Å². The fourth-order valence-corrected chi connectivity index (χ4v) is 4.45. The third-order valence-corrected chi connectivity index (χ3v) is 7.82. The molecule has 0 aliphatic carbocycles. The largest absolute Gasteiger partial charge is 0.453 e. The topological polar surface area (TPSA) is 9.23 Å². The molecule has 4 aromatic rings. The van der Waals surface area contributed by atoms with E-state index < -0.39 is 0 Å². The predicted molar refractivity (Wildman–Crippen MR) is 144 cm³/mol. The zero-order valence-electron chi connectivity index (χ0n) is 16.2. The molecule has 1 nitrogen and oxygen atoms in total. The maximum Gasteiger partial charge on any atom is 0.155 e. The second kappa shape index (κ2) is 10.3. The maximum atomic E-state index is 6.58. The van der Waals surface area contributed by atoms with Gasteiger partial charge in [-0.3, -0.25) is 0 Å². The third kappa shape index (κ3) is 5.17. The van der Waals surface area contributed by atoms with E-state index in [0.717, 1.165) is 0 Å². The Hall–Kier alpha value is -1.000. The minimum Gasteiger partial charge on any atom is -0.453 e. The fourth-order valence-electron chi connectivity index (χ4n) is 3.15. The molecule has 0 aromatic heterocycles. The van der Waals surface area contributed by atoms with Crippen molar-refractivity contribution in [3.63, 3.8) is 0 Å². The van der Waals surface area contributed by atoms with Crippen molar-refractivity contribution in [1.82, 2.24) is 0 Å². The molecular weight excluding hydrogens is 588 g/mol. The maximum absolute atomic E-state index is 6.58. The van der Waals surface area contributed by atoms with Crippen LogP contribution in [0.4, 0.5) is 0 Å². The van der Waals surface area contributed by atoms with Crippen molar-refractivity contribution in [3.05, 3.63) is 101 Å². The van der Waals surface area contributed by atoms with Gasteiger partial charge in [0.15, 0.2) is 11.5 Å². The van der Waals surface area contributed by atoms with Crippen molar-refractivity contribution in [1.29, 1.82) is 0 Å². The molecule has 0 amide bonds. The number of ether oxygens (including phenoxy) is 1. The van der Waals surface area contributed by atoms with Gasteiger partial charge in [0.2, 0.25) is 0 Å². The number of rotatable bonds is 4. The lowest BCUT2D eigenvalue weighted by Crippen LogP contribution is -1.95. The summed E-state index contributed by atoms with van der Waals surface area (Å²) in [6, 6.07) is 17.2. The Morgan fingerprint density at radius 2 is 0.758 bits per heavy atom. The summed E-state index contributed by atoms with van der Waals surface area (Å²) in [4.78, 5) is 0. The van der Waals surface area contributed by atoms with Gasteiger partial charge in [0.05, 0.1) is 30.1 Å². The molecule has 0 heterocycles. The molecule has 168 valence electrons. The van der Waals surface area contributed by atoms with Crippen LogP contribution in [0, 0.1) is 0 Å². The summed E-state index contributed by atoms with van der Waals surface area (Å²) in [5, 5.41) is 2.57. The van der Waals surface area contributed by atoms with E-state index in [9.17, 15) is 0 Å². The highest BCUT2D eigenvalue weighted by atomic mass is 35.5. The van der Waals surface area contributed by atoms with Crippen LogP contribution in [0.3, 0.4) is 0 Å². The first-order valence-electron chi connectivity index (χ1n) is 9.22. The minimum atomic E-state index is 0.191. The average Bonchev–Trinajstić information content (AvgIpc) is 2.78. The van der Waals surface area contributed by atoms with E-state index >= 15 is 0 Å². The van der Waals surface area contributed by atoms with Gasteiger partial charge in [-0.15, -0.1) is 0 Å². The summed E-state index contributed by atoms with van der Waals surface area (Å²) in [5.41, 5.74) is 2.68. The van der Waals surface area contributed by atoms with Crippen LogP contribution in [0.15, 0.2) is 60.7 Å². The van der Waals surface area contributed by atoms with E-state index in [0.29, 0.717) is 52.4 Å². The van der Waals surface area contributed by atoms with E-state index in [1.54, 1.807) is 60.7 Å². The summed E-state index contributed by atoms with van der Waals surface area (Å²) in [7, 11) is 0. The van der Waals surface area contributed by atoms with Gasteiger partial charge in [-0.05, 0) is 59.7 Å². The Balaban J connectivity index is 1.92. The molecule has 0 bridgehead atoms. The smallest absolute Gasteiger partial charge is 0.155 e. The van der Waals surface area contributed by atoms with Gasteiger partial charge in [0.1, 0.15) is 10.0 Å². The highest BCUT2D eigenvalue weighted by molar-refractivity contribution is 6.45. The average molecular weight is 598 g/mol. The first-order valence-corrected chi connectivity index (χ1v) is 12.2. The van der Waals surface area contributed by atoms with Crippen LogP contribution in [0.2, 0.25) is 40.2 Å². The molecule has 0 fully saturated rings. The molecule has 0 N–H and O–H groups in total.